The van der Waals surface area contributed by atoms with Gasteiger partial charge in [0.15, 0.2) is 0 Å². The highest BCUT2D eigenvalue weighted by Gasteiger charge is 2.33. The number of nitrogens with two attached hydrogens (primary N) is 1. The molecule has 2 amide bonds. The van der Waals surface area contributed by atoms with E-state index in [2.05, 4.69) is 0 Å². The van der Waals surface area contributed by atoms with Gasteiger partial charge in [-0.1, -0.05) is 0 Å². The Morgan fingerprint density at radius 2 is 2.35 bits per heavy atom. The van der Waals surface area contributed by atoms with Crippen molar-refractivity contribution in [1.82, 2.24) is 9.80 Å². The average Bonchev–Trinajstić information content (AvgIpc) is 2.86. The van der Waals surface area contributed by atoms with Gasteiger partial charge in [-0.05, 0) is 25.8 Å². The number of nitrogens with zero attached hydrogens (tertiary/aromatic N) is 2. The van der Waals surface area contributed by atoms with Gasteiger partial charge in [0, 0.05) is 12.6 Å². The molecule has 2 fully saturated rings. The summed E-state index contributed by atoms with van der Waals surface area (Å²) >= 11 is 1.57. The smallest absolute Gasteiger partial charge is 0.242 e. The highest BCUT2D eigenvalue weighted by Crippen LogP contribution is 2.23. The largest absolute Gasteiger partial charge is 0.338 e. The fraction of sp³-hybridized carbons (Fsp3) is 0.818. The molecule has 96 valence electrons. The number of rotatable bonds is 3. The molecule has 2 N–H and O–H groups in total. The topological polar surface area (TPSA) is 66.6 Å². The van der Waals surface area contributed by atoms with E-state index >= 15 is 0 Å². The van der Waals surface area contributed by atoms with Crippen molar-refractivity contribution in [2.75, 3.05) is 31.3 Å². The number of hydrogen-bond acceptors (Lipinski definition) is 4. The number of likely N-dealkylation sites (tertiary alicyclic amines) is 1. The Labute approximate surface area is 106 Å². The van der Waals surface area contributed by atoms with Gasteiger partial charge >= 0.3 is 0 Å². The minimum atomic E-state index is 0.0595. The van der Waals surface area contributed by atoms with Crippen LogP contribution < -0.4 is 5.73 Å². The summed E-state index contributed by atoms with van der Waals surface area (Å²) in [5.41, 5.74) is 5.64. The van der Waals surface area contributed by atoms with Crippen molar-refractivity contribution < 1.29 is 9.59 Å². The van der Waals surface area contributed by atoms with Gasteiger partial charge in [0.05, 0.1) is 11.6 Å². The molecule has 0 saturated carbocycles. The second-order valence-corrected chi connectivity index (χ2v) is 5.76. The van der Waals surface area contributed by atoms with Crippen LogP contribution >= 0.6 is 11.8 Å². The molecule has 0 aromatic heterocycles. The van der Waals surface area contributed by atoms with Crippen molar-refractivity contribution in [3.8, 4) is 0 Å². The summed E-state index contributed by atoms with van der Waals surface area (Å²) in [6, 6.07) is 0.251. The predicted octanol–water partition coefficient (Wildman–Crippen LogP) is -0.285. The molecule has 2 rings (SSSR count). The van der Waals surface area contributed by atoms with Crippen LogP contribution in [-0.4, -0.2) is 58.9 Å². The molecular weight excluding hydrogens is 238 g/mol. The summed E-state index contributed by atoms with van der Waals surface area (Å²) in [6.07, 6.45) is 0.977. The Morgan fingerprint density at radius 3 is 2.88 bits per heavy atom. The molecule has 0 radical (unpaired) electrons. The minimum absolute atomic E-state index is 0.0595. The van der Waals surface area contributed by atoms with E-state index in [-0.39, 0.29) is 24.4 Å². The third-order valence-corrected chi connectivity index (χ3v) is 4.41. The third-order valence-electron chi connectivity index (χ3n) is 3.47. The Bertz CT molecular complexity index is 324. The molecule has 17 heavy (non-hydrogen) atoms. The lowest BCUT2D eigenvalue weighted by atomic mass is 10.1. The second kappa shape index (κ2) is 5.27. The lowest BCUT2D eigenvalue weighted by molar-refractivity contribution is -0.138. The van der Waals surface area contributed by atoms with Gasteiger partial charge in [-0.25, -0.2) is 0 Å². The Hall–Kier alpha value is -0.750. The molecule has 2 unspecified atom stereocenters. The zero-order chi connectivity index (χ0) is 12.4. The molecule has 2 aliphatic heterocycles. The van der Waals surface area contributed by atoms with Crippen LogP contribution in [0.2, 0.25) is 0 Å². The van der Waals surface area contributed by atoms with Gasteiger partial charge < -0.3 is 15.5 Å². The number of carbonyl (C=O) groups excluding carboxylic acids is 2. The summed E-state index contributed by atoms with van der Waals surface area (Å²) in [7, 11) is 0. The predicted molar refractivity (Wildman–Crippen MR) is 67.4 cm³/mol. The van der Waals surface area contributed by atoms with Gasteiger partial charge in [0.25, 0.3) is 0 Å². The number of carbonyl (C=O) groups is 2. The molecule has 0 aliphatic carbocycles. The molecular formula is C11H19N3O2S. The van der Waals surface area contributed by atoms with Crippen LogP contribution in [0.1, 0.15) is 13.3 Å². The van der Waals surface area contributed by atoms with Gasteiger partial charge in [0.1, 0.15) is 6.54 Å². The van der Waals surface area contributed by atoms with Gasteiger partial charge in [0.2, 0.25) is 11.8 Å². The van der Waals surface area contributed by atoms with E-state index < -0.39 is 0 Å². The van der Waals surface area contributed by atoms with Crippen LogP contribution in [0.5, 0.6) is 0 Å². The molecule has 0 bridgehead atoms. The maximum absolute atomic E-state index is 12.1. The normalized spacial score (nSPS) is 29.2. The zero-order valence-electron chi connectivity index (χ0n) is 10.1. The quantitative estimate of drug-likeness (QED) is 0.755. The van der Waals surface area contributed by atoms with Crippen molar-refractivity contribution in [3.63, 3.8) is 0 Å². The van der Waals surface area contributed by atoms with Crippen LogP contribution in [0.3, 0.4) is 0 Å². The highest BCUT2D eigenvalue weighted by molar-refractivity contribution is 8.00. The SMILES string of the molecule is CC1CC(CN)CN1C(=O)CN1CSCC1=O. The highest BCUT2D eigenvalue weighted by atomic mass is 32.2. The van der Waals surface area contributed by atoms with Crippen molar-refractivity contribution in [2.45, 2.75) is 19.4 Å². The van der Waals surface area contributed by atoms with Crippen molar-refractivity contribution in [1.29, 1.82) is 0 Å². The Kier molecular flexibility index (Phi) is 3.93. The molecule has 2 saturated heterocycles. The third kappa shape index (κ3) is 2.74. The van der Waals surface area contributed by atoms with E-state index in [1.54, 1.807) is 16.7 Å². The summed E-state index contributed by atoms with van der Waals surface area (Å²) in [5.74, 6) is 1.70. The number of thioether (sulfide) groups is 1. The number of amides is 2. The first-order chi connectivity index (χ1) is 8.11. The van der Waals surface area contributed by atoms with Crippen LogP contribution in [0.25, 0.3) is 0 Å². The fourth-order valence-corrected chi connectivity index (χ4v) is 3.36. The molecule has 2 heterocycles. The molecule has 6 heteroatoms. The molecule has 5 nitrogen and oxygen atoms in total. The first-order valence-corrected chi connectivity index (χ1v) is 7.12. The van der Waals surface area contributed by atoms with Crippen LogP contribution in [0, 0.1) is 5.92 Å². The van der Waals surface area contributed by atoms with Crippen molar-refractivity contribution in [2.24, 2.45) is 11.7 Å². The van der Waals surface area contributed by atoms with E-state index in [0.29, 0.717) is 24.1 Å². The van der Waals surface area contributed by atoms with Gasteiger partial charge in [-0.2, -0.15) is 0 Å². The molecule has 2 atom stereocenters. The number of hydrogen-bond donors (Lipinski definition) is 1. The van der Waals surface area contributed by atoms with Crippen LogP contribution in [-0.2, 0) is 9.59 Å². The standard InChI is InChI=1S/C11H19N3O2S/c1-8-2-9(3-12)4-14(8)10(15)5-13-7-17-6-11(13)16/h8-9H,2-7,12H2,1H3. The minimum Gasteiger partial charge on any atom is -0.338 e. The molecule has 0 aromatic carbocycles. The van der Waals surface area contributed by atoms with Crippen LogP contribution in [0.4, 0.5) is 0 Å². The molecule has 0 spiro atoms. The van der Waals surface area contributed by atoms with Gasteiger partial charge in [-0.3, -0.25) is 9.59 Å². The van der Waals surface area contributed by atoms with E-state index in [9.17, 15) is 9.59 Å². The summed E-state index contributed by atoms with van der Waals surface area (Å²) in [4.78, 5) is 27.0. The summed E-state index contributed by atoms with van der Waals surface area (Å²) in [5, 5.41) is 0. The monoisotopic (exact) mass is 257 g/mol. The second-order valence-electron chi connectivity index (χ2n) is 4.80. The Morgan fingerprint density at radius 1 is 1.59 bits per heavy atom. The summed E-state index contributed by atoms with van der Waals surface area (Å²) < 4.78 is 0. The van der Waals surface area contributed by atoms with Crippen LogP contribution in [0.15, 0.2) is 0 Å². The zero-order valence-corrected chi connectivity index (χ0v) is 10.9. The Balaban J connectivity index is 1.89. The van der Waals surface area contributed by atoms with E-state index in [4.69, 9.17) is 5.73 Å². The first kappa shape index (κ1) is 12.7. The van der Waals surface area contributed by atoms with Crippen molar-refractivity contribution in [3.05, 3.63) is 0 Å². The van der Waals surface area contributed by atoms with Crippen molar-refractivity contribution >= 4 is 23.6 Å². The summed E-state index contributed by atoms with van der Waals surface area (Å²) in [6.45, 7) is 3.65. The van der Waals surface area contributed by atoms with Gasteiger partial charge in [-0.15, -0.1) is 11.8 Å². The van der Waals surface area contributed by atoms with E-state index in [0.717, 1.165) is 13.0 Å². The first-order valence-electron chi connectivity index (χ1n) is 5.97. The molecule has 2 aliphatic rings. The molecule has 0 aromatic rings. The average molecular weight is 257 g/mol. The lowest BCUT2D eigenvalue weighted by Crippen LogP contribution is -2.42. The lowest BCUT2D eigenvalue weighted by Gasteiger charge is -2.24. The van der Waals surface area contributed by atoms with E-state index in [1.807, 2.05) is 11.8 Å². The van der Waals surface area contributed by atoms with E-state index in [1.165, 1.54) is 0 Å². The maximum atomic E-state index is 12.1. The fourth-order valence-electron chi connectivity index (χ4n) is 2.46. The maximum Gasteiger partial charge on any atom is 0.242 e.